The molecule has 0 bridgehead atoms. The van der Waals surface area contributed by atoms with Gasteiger partial charge in [-0.15, -0.1) is 0 Å². The summed E-state index contributed by atoms with van der Waals surface area (Å²) in [5.41, 5.74) is 1.62. The lowest BCUT2D eigenvalue weighted by Crippen LogP contribution is -2.50. The molecule has 0 saturated carbocycles. The highest BCUT2D eigenvalue weighted by Crippen LogP contribution is 2.14. The molecular weight excluding hydrogens is 310 g/mol. The molecule has 7 heteroatoms. The van der Waals surface area contributed by atoms with Crippen LogP contribution in [0.3, 0.4) is 0 Å². The molecule has 1 amide bonds. The summed E-state index contributed by atoms with van der Waals surface area (Å²) in [5, 5.41) is 6.80. The van der Waals surface area contributed by atoms with E-state index in [0.29, 0.717) is 32.0 Å². The lowest BCUT2D eigenvalue weighted by Gasteiger charge is -2.32. The zero-order valence-electron chi connectivity index (χ0n) is 13.6. The average molecular weight is 331 g/mol. The molecule has 0 spiro atoms. The number of aromatic nitrogens is 2. The van der Waals surface area contributed by atoms with Crippen molar-refractivity contribution in [3.63, 3.8) is 0 Å². The van der Waals surface area contributed by atoms with E-state index >= 15 is 0 Å². The molecule has 128 valence electrons. The maximum atomic E-state index is 12.2. The summed E-state index contributed by atoms with van der Waals surface area (Å²) in [6.45, 7) is 3.28. The van der Waals surface area contributed by atoms with Crippen molar-refractivity contribution in [3.8, 4) is 0 Å². The summed E-state index contributed by atoms with van der Waals surface area (Å²) in [6.07, 6.45) is 2.43. The van der Waals surface area contributed by atoms with E-state index < -0.39 is 0 Å². The molecule has 2 aromatic heterocycles. The molecule has 1 fully saturated rings. The van der Waals surface area contributed by atoms with Crippen LogP contribution in [0.15, 0.2) is 35.0 Å². The monoisotopic (exact) mass is 331 g/mol. The highest BCUT2D eigenvalue weighted by atomic mass is 16.5. The summed E-state index contributed by atoms with van der Waals surface area (Å²) >= 11 is 0. The number of hydrogen-bond acceptors (Lipinski definition) is 6. The van der Waals surface area contributed by atoms with E-state index in [4.69, 9.17) is 14.0 Å². The van der Waals surface area contributed by atoms with Crippen LogP contribution < -0.4 is 5.32 Å². The van der Waals surface area contributed by atoms with E-state index in [9.17, 15) is 4.79 Å². The smallest absolute Gasteiger partial charge is 0.228 e. The second-order valence-electron chi connectivity index (χ2n) is 5.82. The van der Waals surface area contributed by atoms with Crippen LogP contribution in [0.5, 0.6) is 0 Å². The quantitative estimate of drug-likeness (QED) is 0.861. The summed E-state index contributed by atoms with van der Waals surface area (Å²) in [7, 11) is 0. The predicted molar refractivity (Wildman–Crippen MR) is 85.1 cm³/mol. The standard InChI is InChI=1S/C17H21N3O4/c1-12-8-14(24-20-12)9-17(21)19-15-5-7-22-11-16(15)23-10-13-4-2-3-6-18-13/h2-4,6,8,15-16H,5,7,9-11H2,1H3,(H,19,21)/t15-,16-/m1/s1. The molecule has 1 aliphatic rings. The highest BCUT2D eigenvalue weighted by molar-refractivity contribution is 5.78. The van der Waals surface area contributed by atoms with Crippen molar-refractivity contribution < 1.29 is 18.8 Å². The molecule has 0 radical (unpaired) electrons. The molecule has 1 aliphatic heterocycles. The van der Waals surface area contributed by atoms with Gasteiger partial charge in [0.05, 0.1) is 37.1 Å². The maximum absolute atomic E-state index is 12.2. The van der Waals surface area contributed by atoms with Gasteiger partial charge in [0.15, 0.2) is 0 Å². The van der Waals surface area contributed by atoms with E-state index in [1.54, 1.807) is 12.3 Å². The minimum atomic E-state index is -0.193. The molecule has 24 heavy (non-hydrogen) atoms. The molecular formula is C17H21N3O4. The first kappa shape index (κ1) is 16.6. The first-order valence-corrected chi connectivity index (χ1v) is 8.01. The molecule has 1 saturated heterocycles. The third-order valence-electron chi connectivity index (χ3n) is 3.83. The number of amides is 1. The number of nitrogens with one attached hydrogen (secondary N) is 1. The van der Waals surface area contributed by atoms with Gasteiger partial charge in [0.1, 0.15) is 11.9 Å². The summed E-state index contributed by atoms with van der Waals surface area (Å²) in [5.74, 6) is 0.451. The number of hydrogen-bond donors (Lipinski definition) is 1. The van der Waals surface area contributed by atoms with Gasteiger partial charge in [-0.25, -0.2) is 0 Å². The van der Waals surface area contributed by atoms with E-state index in [-0.39, 0.29) is 24.5 Å². The van der Waals surface area contributed by atoms with Crippen LogP contribution in [0.4, 0.5) is 0 Å². The van der Waals surface area contributed by atoms with Crippen molar-refractivity contribution in [1.29, 1.82) is 0 Å². The number of nitrogens with zero attached hydrogens (tertiary/aromatic N) is 2. The molecule has 0 aromatic carbocycles. The number of carbonyl (C=O) groups is 1. The third-order valence-corrected chi connectivity index (χ3v) is 3.83. The van der Waals surface area contributed by atoms with Gasteiger partial charge in [-0.05, 0) is 25.5 Å². The Hall–Kier alpha value is -2.25. The SMILES string of the molecule is Cc1cc(CC(=O)N[C@@H]2CCOC[C@H]2OCc2ccccn2)on1. The molecule has 3 rings (SSSR count). The number of aryl methyl sites for hydroxylation is 1. The minimum Gasteiger partial charge on any atom is -0.379 e. The van der Waals surface area contributed by atoms with Crippen molar-refractivity contribution in [3.05, 3.63) is 47.6 Å². The van der Waals surface area contributed by atoms with Gasteiger partial charge in [0.2, 0.25) is 5.91 Å². The highest BCUT2D eigenvalue weighted by Gasteiger charge is 2.28. The first-order chi connectivity index (χ1) is 11.7. The fourth-order valence-electron chi connectivity index (χ4n) is 2.63. The van der Waals surface area contributed by atoms with Gasteiger partial charge in [0.25, 0.3) is 0 Å². The lowest BCUT2D eigenvalue weighted by atomic mass is 10.1. The van der Waals surface area contributed by atoms with Crippen LogP contribution in [-0.4, -0.2) is 41.4 Å². The van der Waals surface area contributed by atoms with Crippen LogP contribution >= 0.6 is 0 Å². The van der Waals surface area contributed by atoms with Crippen molar-refractivity contribution in [2.24, 2.45) is 0 Å². The van der Waals surface area contributed by atoms with Crippen molar-refractivity contribution in [2.45, 2.75) is 38.5 Å². The fourth-order valence-corrected chi connectivity index (χ4v) is 2.63. The van der Waals surface area contributed by atoms with Crippen molar-refractivity contribution >= 4 is 5.91 Å². The number of ether oxygens (including phenoxy) is 2. The van der Waals surface area contributed by atoms with Crippen LogP contribution in [0.25, 0.3) is 0 Å². The second-order valence-corrected chi connectivity index (χ2v) is 5.82. The van der Waals surface area contributed by atoms with Crippen molar-refractivity contribution in [2.75, 3.05) is 13.2 Å². The fraction of sp³-hybridized carbons (Fsp3) is 0.471. The summed E-state index contributed by atoms with van der Waals surface area (Å²) in [4.78, 5) is 16.4. The van der Waals surface area contributed by atoms with Gasteiger partial charge in [-0.3, -0.25) is 9.78 Å². The van der Waals surface area contributed by atoms with Gasteiger partial charge in [-0.1, -0.05) is 11.2 Å². The van der Waals surface area contributed by atoms with Crippen LogP contribution in [0.2, 0.25) is 0 Å². The van der Waals surface area contributed by atoms with Crippen molar-refractivity contribution in [1.82, 2.24) is 15.5 Å². The topological polar surface area (TPSA) is 86.5 Å². The largest absolute Gasteiger partial charge is 0.379 e. The first-order valence-electron chi connectivity index (χ1n) is 8.01. The molecule has 0 aliphatic carbocycles. The van der Waals surface area contributed by atoms with E-state index in [1.807, 2.05) is 25.1 Å². The second kappa shape index (κ2) is 8.03. The Balaban J connectivity index is 1.52. The Morgan fingerprint density at radius 2 is 2.38 bits per heavy atom. The Bertz CT molecular complexity index is 659. The number of rotatable bonds is 6. The van der Waals surface area contributed by atoms with E-state index in [0.717, 1.165) is 11.4 Å². The number of pyridine rings is 1. The zero-order chi connectivity index (χ0) is 16.8. The molecule has 2 atom stereocenters. The minimum absolute atomic E-state index is 0.0843. The predicted octanol–water partition coefficient (Wildman–Crippen LogP) is 1.41. The van der Waals surface area contributed by atoms with Gasteiger partial charge >= 0.3 is 0 Å². The zero-order valence-corrected chi connectivity index (χ0v) is 13.6. The molecule has 7 nitrogen and oxygen atoms in total. The molecule has 0 unspecified atom stereocenters. The summed E-state index contributed by atoms with van der Waals surface area (Å²) in [6, 6.07) is 7.37. The molecule has 1 N–H and O–H groups in total. The average Bonchev–Trinajstić information content (AvgIpc) is 3.00. The van der Waals surface area contributed by atoms with Crippen LogP contribution in [0, 0.1) is 6.92 Å². The molecule has 3 heterocycles. The Morgan fingerprint density at radius 1 is 1.46 bits per heavy atom. The Kier molecular flexibility index (Phi) is 5.55. The van der Waals surface area contributed by atoms with E-state index in [1.165, 1.54) is 0 Å². The Morgan fingerprint density at radius 3 is 3.12 bits per heavy atom. The summed E-state index contributed by atoms with van der Waals surface area (Å²) < 4.78 is 16.5. The lowest BCUT2D eigenvalue weighted by molar-refractivity contribution is -0.126. The molecule has 2 aromatic rings. The van der Waals surface area contributed by atoms with Gasteiger partial charge in [-0.2, -0.15) is 0 Å². The maximum Gasteiger partial charge on any atom is 0.228 e. The van der Waals surface area contributed by atoms with Crippen LogP contribution in [-0.2, 0) is 27.3 Å². The number of carbonyl (C=O) groups excluding carboxylic acids is 1. The Labute approximate surface area is 140 Å². The third kappa shape index (κ3) is 4.62. The van der Waals surface area contributed by atoms with E-state index in [2.05, 4.69) is 15.5 Å². The van der Waals surface area contributed by atoms with Gasteiger partial charge < -0.3 is 19.3 Å². The normalized spacial score (nSPS) is 20.7. The van der Waals surface area contributed by atoms with Gasteiger partial charge in [0, 0.05) is 18.9 Å². The van der Waals surface area contributed by atoms with Crippen LogP contribution in [0.1, 0.15) is 23.6 Å².